The van der Waals surface area contributed by atoms with Crippen LogP contribution in [0.3, 0.4) is 0 Å². The van der Waals surface area contributed by atoms with Gasteiger partial charge in [0.05, 0.1) is 12.8 Å². The van der Waals surface area contributed by atoms with Gasteiger partial charge in [-0.25, -0.2) is 4.98 Å². The first-order valence-electron chi connectivity index (χ1n) is 11.4. The third-order valence-corrected chi connectivity index (χ3v) is 5.74. The van der Waals surface area contributed by atoms with Crippen molar-refractivity contribution in [3.05, 3.63) is 72.2 Å². The monoisotopic (exact) mass is 447 g/mol. The number of nitrogens with one attached hydrogen (secondary N) is 1. The summed E-state index contributed by atoms with van der Waals surface area (Å²) in [6.45, 7) is 3.77. The largest absolute Gasteiger partial charge is 0.494 e. The van der Waals surface area contributed by atoms with Crippen molar-refractivity contribution in [2.45, 2.75) is 38.6 Å². The van der Waals surface area contributed by atoms with Gasteiger partial charge in [0.2, 0.25) is 5.91 Å². The van der Waals surface area contributed by atoms with Gasteiger partial charge in [-0.2, -0.15) is 0 Å². The summed E-state index contributed by atoms with van der Waals surface area (Å²) in [6.07, 6.45) is 3.95. The number of hydrogen-bond acceptors (Lipinski definition) is 5. The molecule has 4 rings (SSSR count). The van der Waals surface area contributed by atoms with Crippen molar-refractivity contribution < 1.29 is 18.7 Å². The number of oxazole rings is 1. The van der Waals surface area contributed by atoms with Crippen LogP contribution in [0.1, 0.15) is 42.4 Å². The van der Waals surface area contributed by atoms with Crippen LogP contribution in [0.5, 0.6) is 5.75 Å². The van der Waals surface area contributed by atoms with Gasteiger partial charge in [-0.05, 0) is 44.0 Å². The van der Waals surface area contributed by atoms with Gasteiger partial charge in [0, 0.05) is 43.1 Å². The number of ether oxygens (including phenoxy) is 1. The molecule has 172 valence electrons. The maximum atomic E-state index is 12.7. The normalized spacial score (nSPS) is 14.2. The lowest BCUT2D eigenvalue weighted by molar-refractivity contribution is -0.122. The fraction of sp³-hybridized carbons (Fsp3) is 0.346. The third kappa shape index (κ3) is 6.00. The van der Waals surface area contributed by atoms with Crippen LogP contribution in [0.2, 0.25) is 0 Å². The van der Waals surface area contributed by atoms with Crippen LogP contribution in [0.15, 0.2) is 65.2 Å². The van der Waals surface area contributed by atoms with Crippen LogP contribution >= 0.6 is 0 Å². The SMILES string of the molecule is CCOc1ccc(C(=O)N2CCC(NC(=O)CCc3ncc(-c4ccccc4)o3)CC2)cc1. The Labute approximate surface area is 193 Å². The Kier molecular flexibility index (Phi) is 7.40. The number of aromatic nitrogens is 1. The van der Waals surface area contributed by atoms with Gasteiger partial charge in [-0.15, -0.1) is 0 Å². The second-order valence-electron chi connectivity index (χ2n) is 8.08. The molecule has 1 saturated heterocycles. The van der Waals surface area contributed by atoms with Gasteiger partial charge in [0.1, 0.15) is 5.75 Å². The Bertz CT molecular complexity index is 1050. The number of nitrogens with zero attached hydrogens (tertiary/aromatic N) is 2. The van der Waals surface area contributed by atoms with Crippen molar-refractivity contribution in [3.8, 4) is 17.1 Å². The summed E-state index contributed by atoms with van der Waals surface area (Å²) in [5.41, 5.74) is 1.62. The maximum Gasteiger partial charge on any atom is 0.253 e. The molecule has 2 amide bonds. The fourth-order valence-corrected chi connectivity index (χ4v) is 3.95. The number of carbonyl (C=O) groups excluding carboxylic acids is 2. The molecule has 1 aliphatic heterocycles. The van der Waals surface area contributed by atoms with E-state index in [4.69, 9.17) is 9.15 Å². The molecule has 2 aromatic carbocycles. The van der Waals surface area contributed by atoms with Gasteiger partial charge < -0.3 is 19.4 Å². The van der Waals surface area contributed by atoms with Gasteiger partial charge in [0.15, 0.2) is 11.7 Å². The Hall–Kier alpha value is -3.61. The van der Waals surface area contributed by atoms with Gasteiger partial charge in [-0.3, -0.25) is 9.59 Å². The van der Waals surface area contributed by atoms with Gasteiger partial charge in [-0.1, -0.05) is 30.3 Å². The summed E-state index contributed by atoms with van der Waals surface area (Å²) in [4.78, 5) is 31.3. The molecule has 1 fully saturated rings. The van der Waals surface area contributed by atoms with Gasteiger partial charge >= 0.3 is 0 Å². The van der Waals surface area contributed by atoms with E-state index in [1.54, 1.807) is 18.3 Å². The third-order valence-electron chi connectivity index (χ3n) is 5.74. The minimum Gasteiger partial charge on any atom is -0.494 e. The van der Waals surface area contributed by atoms with E-state index in [1.807, 2.05) is 54.3 Å². The van der Waals surface area contributed by atoms with Crippen molar-refractivity contribution in [2.75, 3.05) is 19.7 Å². The minimum absolute atomic E-state index is 0.0148. The van der Waals surface area contributed by atoms with Gasteiger partial charge in [0.25, 0.3) is 5.91 Å². The molecule has 33 heavy (non-hydrogen) atoms. The average Bonchev–Trinajstić information content (AvgIpc) is 3.33. The molecule has 0 radical (unpaired) electrons. The fourth-order valence-electron chi connectivity index (χ4n) is 3.95. The van der Waals surface area contributed by atoms with E-state index in [-0.39, 0.29) is 17.9 Å². The van der Waals surface area contributed by atoms with E-state index in [2.05, 4.69) is 10.3 Å². The predicted octanol–water partition coefficient (Wildman–Crippen LogP) is 4.09. The standard InChI is InChI=1S/C26H29N3O4/c1-2-32-22-10-8-20(9-11-22)26(31)29-16-14-21(15-17-29)28-24(30)12-13-25-27-18-23(33-25)19-6-4-3-5-7-19/h3-11,18,21H,2,12-17H2,1H3,(H,28,30). The molecule has 7 nitrogen and oxygen atoms in total. The molecule has 2 heterocycles. The lowest BCUT2D eigenvalue weighted by Crippen LogP contribution is -2.46. The first-order chi connectivity index (χ1) is 16.1. The van der Waals surface area contributed by atoms with Crippen molar-refractivity contribution in [2.24, 2.45) is 0 Å². The second-order valence-corrected chi connectivity index (χ2v) is 8.08. The molecule has 0 spiro atoms. The number of likely N-dealkylation sites (tertiary alicyclic amines) is 1. The van der Waals surface area contributed by atoms with Crippen LogP contribution in [-0.2, 0) is 11.2 Å². The Balaban J connectivity index is 1.20. The highest BCUT2D eigenvalue weighted by molar-refractivity contribution is 5.94. The summed E-state index contributed by atoms with van der Waals surface area (Å²) in [5.74, 6) is 2.01. The number of benzene rings is 2. The highest BCUT2D eigenvalue weighted by Gasteiger charge is 2.24. The molecule has 0 bridgehead atoms. The lowest BCUT2D eigenvalue weighted by Gasteiger charge is -2.32. The summed E-state index contributed by atoms with van der Waals surface area (Å²) in [7, 11) is 0. The molecule has 0 atom stereocenters. The number of carbonyl (C=O) groups is 2. The molecule has 1 aromatic heterocycles. The zero-order valence-corrected chi connectivity index (χ0v) is 18.8. The highest BCUT2D eigenvalue weighted by Crippen LogP contribution is 2.21. The molecule has 1 aliphatic rings. The van der Waals surface area contributed by atoms with Crippen molar-refractivity contribution in [3.63, 3.8) is 0 Å². The number of piperidine rings is 1. The molecule has 3 aromatic rings. The highest BCUT2D eigenvalue weighted by atomic mass is 16.5. The molecule has 7 heteroatoms. The Morgan fingerprint density at radius 2 is 1.82 bits per heavy atom. The zero-order chi connectivity index (χ0) is 23.0. The summed E-state index contributed by atoms with van der Waals surface area (Å²) >= 11 is 0. The van der Waals surface area contributed by atoms with E-state index in [9.17, 15) is 9.59 Å². The lowest BCUT2D eigenvalue weighted by atomic mass is 10.0. The summed E-state index contributed by atoms with van der Waals surface area (Å²) in [5, 5.41) is 3.09. The van der Waals surface area contributed by atoms with E-state index < -0.39 is 0 Å². The van der Waals surface area contributed by atoms with E-state index in [0.29, 0.717) is 49.8 Å². The second kappa shape index (κ2) is 10.8. The van der Waals surface area contributed by atoms with Crippen LogP contribution in [0, 0.1) is 0 Å². The Morgan fingerprint density at radius 1 is 1.09 bits per heavy atom. The summed E-state index contributed by atoms with van der Waals surface area (Å²) in [6, 6.07) is 17.1. The van der Waals surface area contributed by atoms with Crippen molar-refractivity contribution in [1.82, 2.24) is 15.2 Å². The van der Waals surface area contributed by atoms with Crippen molar-refractivity contribution >= 4 is 11.8 Å². The number of rotatable bonds is 8. The maximum absolute atomic E-state index is 12.7. The van der Waals surface area contributed by atoms with E-state index in [0.717, 1.165) is 24.2 Å². The number of aryl methyl sites for hydroxylation is 1. The first-order valence-corrected chi connectivity index (χ1v) is 11.4. The molecular formula is C26H29N3O4. The molecule has 0 unspecified atom stereocenters. The topological polar surface area (TPSA) is 84.7 Å². The molecule has 0 saturated carbocycles. The van der Waals surface area contributed by atoms with Crippen LogP contribution in [0.25, 0.3) is 11.3 Å². The van der Waals surface area contributed by atoms with E-state index in [1.165, 1.54) is 0 Å². The number of hydrogen-bond donors (Lipinski definition) is 1. The predicted molar refractivity (Wildman–Crippen MR) is 125 cm³/mol. The van der Waals surface area contributed by atoms with E-state index >= 15 is 0 Å². The Morgan fingerprint density at radius 3 is 2.52 bits per heavy atom. The smallest absolute Gasteiger partial charge is 0.253 e. The molecule has 1 N–H and O–H groups in total. The van der Waals surface area contributed by atoms with Crippen LogP contribution < -0.4 is 10.1 Å². The number of amides is 2. The van der Waals surface area contributed by atoms with Crippen molar-refractivity contribution in [1.29, 1.82) is 0 Å². The summed E-state index contributed by atoms with van der Waals surface area (Å²) < 4.78 is 11.2. The quantitative estimate of drug-likeness (QED) is 0.562. The average molecular weight is 448 g/mol. The minimum atomic E-state index is -0.0225. The zero-order valence-electron chi connectivity index (χ0n) is 18.8. The van der Waals surface area contributed by atoms with Crippen LogP contribution in [0.4, 0.5) is 0 Å². The molecular weight excluding hydrogens is 418 g/mol. The first kappa shape index (κ1) is 22.6. The molecule has 0 aliphatic carbocycles. The van der Waals surface area contributed by atoms with Crippen LogP contribution in [-0.4, -0.2) is 47.4 Å².